The molecule has 1 unspecified atom stereocenters. The third-order valence-corrected chi connectivity index (χ3v) is 4.27. The van der Waals surface area contributed by atoms with Gasteiger partial charge in [-0.15, -0.1) is 0 Å². The molecule has 4 heteroatoms. The SMILES string of the molecule is COc1ccc(CN(CC2CC2)CC2CCCN2)cn1. The molecular weight excluding hydrogens is 250 g/mol. The topological polar surface area (TPSA) is 37.4 Å². The summed E-state index contributed by atoms with van der Waals surface area (Å²) in [4.78, 5) is 6.91. The number of methoxy groups -OCH3 is 1. The van der Waals surface area contributed by atoms with Crippen LogP contribution >= 0.6 is 0 Å². The number of rotatable bonds is 7. The van der Waals surface area contributed by atoms with Crippen molar-refractivity contribution in [3.05, 3.63) is 23.9 Å². The van der Waals surface area contributed by atoms with Gasteiger partial charge in [-0.2, -0.15) is 0 Å². The summed E-state index contributed by atoms with van der Waals surface area (Å²) in [6.45, 7) is 4.60. The molecule has 0 spiro atoms. The van der Waals surface area contributed by atoms with E-state index in [0.717, 1.165) is 12.5 Å². The van der Waals surface area contributed by atoms with E-state index >= 15 is 0 Å². The second-order valence-corrected chi connectivity index (χ2v) is 6.14. The van der Waals surface area contributed by atoms with E-state index in [1.54, 1.807) is 7.11 Å². The van der Waals surface area contributed by atoms with E-state index in [0.29, 0.717) is 11.9 Å². The zero-order chi connectivity index (χ0) is 13.8. The molecule has 0 aromatic carbocycles. The molecule has 2 heterocycles. The number of nitrogens with zero attached hydrogens (tertiary/aromatic N) is 2. The fourth-order valence-electron chi connectivity index (χ4n) is 2.98. The average molecular weight is 275 g/mol. The number of nitrogens with one attached hydrogen (secondary N) is 1. The Morgan fingerprint density at radius 2 is 2.20 bits per heavy atom. The van der Waals surface area contributed by atoms with Gasteiger partial charge in [-0.1, -0.05) is 6.07 Å². The number of hydrogen-bond donors (Lipinski definition) is 1. The van der Waals surface area contributed by atoms with Crippen molar-refractivity contribution >= 4 is 0 Å². The van der Waals surface area contributed by atoms with E-state index in [9.17, 15) is 0 Å². The first kappa shape index (κ1) is 13.8. The van der Waals surface area contributed by atoms with Crippen molar-refractivity contribution in [3.63, 3.8) is 0 Å². The van der Waals surface area contributed by atoms with E-state index in [2.05, 4.69) is 21.3 Å². The van der Waals surface area contributed by atoms with Crippen LogP contribution in [0.3, 0.4) is 0 Å². The average Bonchev–Trinajstić information content (AvgIpc) is 3.13. The predicted molar refractivity (Wildman–Crippen MR) is 79.8 cm³/mol. The van der Waals surface area contributed by atoms with Crippen LogP contribution < -0.4 is 10.1 Å². The van der Waals surface area contributed by atoms with Crippen molar-refractivity contribution in [2.75, 3.05) is 26.7 Å². The van der Waals surface area contributed by atoms with Crippen molar-refractivity contribution < 1.29 is 4.74 Å². The van der Waals surface area contributed by atoms with Crippen molar-refractivity contribution in [3.8, 4) is 5.88 Å². The van der Waals surface area contributed by atoms with Gasteiger partial charge in [0.2, 0.25) is 5.88 Å². The van der Waals surface area contributed by atoms with Gasteiger partial charge in [0, 0.05) is 37.9 Å². The minimum atomic E-state index is 0.681. The third-order valence-electron chi connectivity index (χ3n) is 4.27. The van der Waals surface area contributed by atoms with Gasteiger partial charge < -0.3 is 10.1 Å². The second-order valence-electron chi connectivity index (χ2n) is 6.14. The van der Waals surface area contributed by atoms with Crippen molar-refractivity contribution in [2.24, 2.45) is 5.92 Å². The minimum absolute atomic E-state index is 0.681. The molecule has 1 saturated heterocycles. The summed E-state index contributed by atoms with van der Waals surface area (Å²) < 4.78 is 5.12. The molecular formula is C16H25N3O. The number of ether oxygens (including phenoxy) is 1. The number of aromatic nitrogens is 1. The first-order valence-corrected chi connectivity index (χ1v) is 7.78. The van der Waals surface area contributed by atoms with Gasteiger partial charge in [-0.25, -0.2) is 4.98 Å². The van der Waals surface area contributed by atoms with Crippen molar-refractivity contribution in [1.82, 2.24) is 15.2 Å². The smallest absolute Gasteiger partial charge is 0.212 e. The summed E-state index contributed by atoms with van der Waals surface area (Å²) in [7, 11) is 1.66. The van der Waals surface area contributed by atoms with Crippen LogP contribution in [0.25, 0.3) is 0 Å². The fraction of sp³-hybridized carbons (Fsp3) is 0.688. The third kappa shape index (κ3) is 3.93. The number of hydrogen-bond acceptors (Lipinski definition) is 4. The largest absolute Gasteiger partial charge is 0.481 e. The van der Waals surface area contributed by atoms with Gasteiger partial charge in [0.1, 0.15) is 0 Å². The van der Waals surface area contributed by atoms with Gasteiger partial charge in [0.15, 0.2) is 0 Å². The Balaban J connectivity index is 1.58. The van der Waals surface area contributed by atoms with Gasteiger partial charge in [0.25, 0.3) is 0 Å². The molecule has 3 rings (SSSR count). The summed E-state index contributed by atoms with van der Waals surface area (Å²) >= 11 is 0. The fourth-order valence-corrected chi connectivity index (χ4v) is 2.98. The van der Waals surface area contributed by atoms with Crippen LogP contribution in [0.1, 0.15) is 31.2 Å². The maximum Gasteiger partial charge on any atom is 0.212 e. The van der Waals surface area contributed by atoms with Gasteiger partial charge >= 0.3 is 0 Å². The lowest BCUT2D eigenvalue weighted by atomic mass is 10.2. The molecule has 0 bridgehead atoms. The van der Waals surface area contributed by atoms with Crippen molar-refractivity contribution in [2.45, 2.75) is 38.3 Å². The van der Waals surface area contributed by atoms with Crippen LogP contribution in [-0.4, -0.2) is 42.7 Å². The first-order valence-electron chi connectivity index (χ1n) is 7.78. The highest BCUT2D eigenvalue weighted by atomic mass is 16.5. The summed E-state index contributed by atoms with van der Waals surface area (Å²) in [5.74, 6) is 1.63. The monoisotopic (exact) mass is 275 g/mol. The Hall–Kier alpha value is -1.13. The lowest BCUT2D eigenvalue weighted by Crippen LogP contribution is -2.38. The summed E-state index contributed by atoms with van der Waals surface area (Å²) in [5.41, 5.74) is 1.28. The molecule has 1 N–H and O–H groups in total. The van der Waals surface area contributed by atoms with Gasteiger partial charge in [-0.05, 0) is 43.7 Å². The zero-order valence-electron chi connectivity index (χ0n) is 12.3. The molecule has 1 aliphatic carbocycles. The van der Waals surface area contributed by atoms with Gasteiger partial charge in [0.05, 0.1) is 7.11 Å². The highest BCUT2D eigenvalue weighted by Crippen LogP contribution is 2.30. The quantitative estimate of drug-likeness (QED) is 0.826. The molecule has 0 amide bonds. The Morgan fingerprint density at radius 3 is 2.80 bits per heavy atom. The van der Waals surface area contributed by atoms with Crippen LogP contribution in [-0.2, 0) is 6.54 Å². The minimum Gasteiger partial charge on any atom is -0.481 e. The number of pyridine rings is 1. The molecule has 1 aromatic heterocycles. The summed E-state index contributed by atoms with van der Waals surface area (Å²) in [6.07, 6.45) is 7.42. The Labute approximate surface area is 121 Å². The van der Waals surface area contributed by atoms with Crippen LogP contribution in [0, 0.1) is 5.92 Å². The van der Waals surface area contributed by atoms with Crippen LogP contribution in [0.2, 0.25) is 0 Å². The standard InChI is InChI=1S/C16H25N3O/c1-20-16-7-6-14(9-18-16)11-19(10-13-4-5-13)12-15-3-2-8-17-15/h6-7,9,13,15,17H,2-5,8,10-12H2,1H3. The normalized spacial score (nSPS) is 22.4. The van der Waals surface area contributed by atoms with Crippen molar-refractivity contribution in [1.29, 1.82) is 0 Å². The van der Waals surface area contributed by atoms with Crippen LogP contribution in [0.4, 0.5) is 0 Å². The van der Waals surface area contributed by atoms with E-state index in [4.69, 9.17) is 4.74 Å². The molecule has 0 radical (unpaired) electrons. The van der Waals surface area contributed by atoms with Crippen LogP contribution in [0.15, 0.2) is 18.3 Å². The summed E-state index contributed by atoms with van der Waals surface area (Å²) in [5, 5.41) is 3.61. The molecule has 2 fully saturated rings. The van der Waals surface area contributed by atoms with Crippen LogP contribution in [0.5, 0.6) is 5.88 Å². The lowest BCUT2D eigenvalue weighted by Gasteiger charge is -2.25. The Kier molecular flexibility index (Phi) is 4.53. The molecule has 110 valence electrons. The molecule has 2 aliphatic rings. The zero-order valence-corrected chi connectivity index (χ0v) is 12.3. The van der Waals surface area contributed by atoms with E-state index in [1.165, 1.54) is 50.9 Å². The van der Waals surface area contributed by atoms with Gasteiger partial charge in [-0.3, -0.25) is 4.90 Å². The highest BCUT2D eigenvalue weighted by molar-refractivity contribution is 5.17. The maximum absolute atomic E-state index is 5.12. The van der Waals surface area contributed by atoms with E-state index in [-0.39, 0.29) is 0 Å². The lowest BCUT2D eigenvalue weighted by molar-refractivity contribution is 0.231. The molecule has 1 atom stereocenters. The van der Waals surface area contributed by atoms with E-state index < -0.39 is 0 Å². The first-order chi connectivity index (χ1) is 9.83. The maximum atomic E-state index is 5.12. The predicted octanol–water partition coefficient (Wildman–Crippen LogP) is 2.05. The molecule has 1 aromatic rings. The Bertz CT molecular complexity index is 410. The molecule has 1 saturated carbocycles. The highest BCUT2D eigenvalue weighted by Gasteiger charge is 2.26. The molecule has 4 nitrogen and oxygen atoms in total. The molecule has 1 aliphatic heterocycles. The molecule has 20 heavy (non-hydrogen) atoms. The Morgan fingerprint density at radius 1 is 1.30 bits per heavy atom. The van der Waals surface area contributed by atoms with E-state index in [1.807, 2.05) is 12.3 Å². The summed E-state index contributed by atoms with van der Waals surface area (Å²) in [6, 6.07) is 4.77. The second kappa shape index (κ2) is 6.55.